The highest BCUT2D eigenvalue weighted by molar-refractivity contribution is 8.00. The van der Waals surface area contributed by atoms with E-state index in [1.165, 1.54) is 6.07 Å². The number of rotatable bonds is 5. The molecule has 32 heavy (non-hydrogen) atoms. The summed E-state index contributed by atoms with van der Waals surface area (Å²) < 4.78 is 45.0. The second-order valence-electron chi connectivity index (χ2n) is 7.26. The molecule has 2 heterocycles. The number of hydrogen-bond donors (Lipinski definition) is 1. The maximum Gasteiger partial charge on any atom is 0.451 e. The number of nitrogens with zero attached hydrogens (tertiary/aromatic N) is 3. The first kappa shape index (κ1) is 22.3. The molecule has 0 aliphatic carbocycles. The second-order valence-corrected chi connectivity index (χ2v) is 8.59. The normalized spacial score (nSPS) is 15.6. The van der Waals surface area contributed by atoms with Gasteiger partial charge in [0, 0.05) is 29.9 Å². The molecular formula is C22H21F3N4O2S. The van der Waals surface area contributed by atoms with Crippen LogP contribution in [-0.2, 0) is 15.7 Å². The zero-order valence-corrected chi connectivity index (χ0v) is 18.0. The minimum Gasteiger partial charge on any atom is -0.378 e. The summed E-state index contributed by atoms with van der Waals surface area (Å²) in [7, 11) is 0. The standard InChI is InChI=1S/C22H21F3N4O2S/c1-14(19(30)26-15-6-8-16(9-7-15)29-10-12-31-13-11-29)32-20-17-4-2-3-5-18(17)27-21(28-20)22(23,24)25/h2-9,14H,10-13H2,1H3,(H,26,30)/t14-/m1/s1. The van der Waals surface area contributed by atoms with Crippen LogP contribution in [0.3, 0.4) is 0 Å². The summed E-state index contributed by atoms with van der Waals surface area (Å²) in [6.07, 6.45) is -4.67. The van der Waals surface area contributed by atoms with Crippen molar-refractivity contribution < 1.29 is 22.7 Å². The van der Waals surface area contributed by atoms with Gasteiger partial charge in [-0.15, -0.1) is 0 Å². The van der Waals surface area contributed by atoms with Crippen molar-refractivity contribution in [3.05, 3.63) is 54.4 Å². The Kier molecular flexibility index (Phi) is 6.52. The first-order valence-electron chi connectivity index (χ1n) is 10.1. The van der Waals surface area contributed by atoms with Gasteiger partial charge in [-0.25, -0.2) is 9.97 Å². The molecule has 0 unspecified atom stereocenters. The van der Waals surface area contributed by atoms with Gasteiger partial charge in [0.15, 0.2) is 0 Å². The predicted octanol–water partition coefficient (Wildman–Crippen LogP) is 4.60. The van der Waals surface area contributed by atoms with Crippen LogP contribution in [0.15, 0.2) is 53.6 Å². The van der Waals surface area contributed by atoms with Crippen molar-refractivity contribution in [2.45, 2.75) is 23.4 Å². The van der Waals surface area contributed by atoms with Crippen LogP contribution in [0.25, 0.3) is 10.9 Å². The summed E-state index contributed by atoms with van der Waals surface area (Å²) in [5, 5.41) is 2.73. The summed E-state index contributed by atoms with van der Waals surface area (Å²) >= 11 is 0.971. The van der Waals surface area contributed by atoms with Crippen LogP contribution in [0.4, 0.5) is 24.5 Å². The van der Waals surface area contributed by atoms with Crippen LogP contribution < -0.4 is 10.2 Å². The Hall–Kier alpha value is -2.85. The molecule has 2 aromatic carbocycles. The number of carbonyl (C=O) groups excluding carboxylic acids is 1. The first-order chi connectivity index (χ1) is 15.3. The average Bonchev–Trinajstić information content (AvgIpc) is 2.79. The van der Waals surface area contributed by atoms with Gasteiger partial charge in [-0.2, -0.15) is 13.2 Å². The van der Waals surface area contributed by atoms with E-state index in [9.17, 15) is 18.0 Å². The number of hydrogen-bond acceptors (Lipinski definition) is 6. The van der Waals surface area contributed by atoms with Gasteiger partial charge in [-0.3, -0.25) is 4.79 Å². The number of fused-ring (bicyclic) bond motifs is 1. The topological polar surface area (TPSA) is 67.4 Å². The van der Waals surface area contributed by atoms with Crippen molar-refractivity contribution in [3.63, 3.8) is 0 Å². The quantitative estimate of drug-likeness (QED) is 0.442. The van der Waals surface area contributed by atoms with Gasteiger partial charge in [0.2, 0.25) is 11.7 Å². The number of benzene rings is 2. The Labute approximate surface area is 187 Å². The second kappa shape index (κ2) is 9.33. The van der Waals surface area contributed by atoms with Crippen molar-refractivity contribution in [1.29, 1.82) is 0 Å². The first-order valence-corrected chi connectivity index (χ1v) is 10.9. The molecule has 0 bridgehead atoms. The van der Waals surface area contributed by atoms with Crippen LogP contribution in [0, 0.1) is 0 Å². The minimum atomic E-state index is -4.67. The lowest BCUT2D eigenvalue weighted by Crippen LogP contribution is -2.36. The number of nitrogens with one attached hydrogen (secondary N) is 1. The fourth-order valence-electron chi connectivity index (χ4n) is 3.31. The monoisotopic (exact) mass is 462 g/mol. The maximum atomic E-state index is 13.2. The third kappa shape index (κ3) is 5.13. The van der Waals surface area contributed by atoms with Gasteiger partial charge >= 0.3 is 6.18 Å². The van der Waals surface area contributed by atoms with E-state index in [0.717, 1.165) is 30.5 Å². The molecule has 0 spiro atoms. The zero-order valence-electron chi connectivity index (χ0n) is 17.2. The van der Waals surface area contributed by atoms with Gasteiger partial charge in [-0.1, -0.05) is 30.0 Å². The molecule has 0 saturated carbocycles. The number of para-hydroxylation sites is 1. The molecule has 1 fully saturated rings. The number of thioether (sulfide) groups is 1. The predicted molar refractivity (Wildman–Crippen MR) is 118 cm³/mol. The van der Waals surface area contributed by atoms with Gasteiger partial charge in [-0.05, 0) is 37.3 Å². The van der Waals surface area contributed by atoms with E-state index in [2.05, 4.69) is 20.2 Å². The van der Waals surface area contributed by atoms with Crippen molar-refractivity contribution in [2.24, 2.45) is 0 Å². The maximum absolute atomic E-state index is 13.2. The number of carbonyl (C=O) groups is 1. The molecule has 1 saturated heterocycles. The van der Waals surface area contributed by atoms with Crippen LogP contribution >= 0.6 is 11.8 Å². The van der Waals surface area contributed by atoms with E-state index < -0.39 is 17.3 Å². The highest BCUT2D eigenvalue weighted by atomic mass is 32.2. The Bertz CT molecular complexity index is 1100. The third-order valence-electron chi connectivity index (χ3n) is 4.99. The largest absolute Gasteiger partial charge is 0.451 e. The lowest BCUT2D eigenvalue weighted by atomic mass is 10.2. The van der Waals surface area contributed by atoms with Gasteiger partial charge in [0.05, 0.1) is 24.0 Å². The van der Waals surface area contributed by atoms with Crippen LogP contribution in [0.5, 0.6) is 0 Å². The lowest BCUT2D eigenvalue weighted by molar-refractivity contribution is -0.145. The van der Waals surface area contributed by atoms with E-state index >= 15 is 0 Å². The fourth-order valence-corrected chi connectivity index (χ4v) is 4.25. The molecule has 3 aromatic rings. The Morgan fingerprint density at radius 1 is 1.09 bits per heavy atom. The molecule has 168 valence electrons. The van der Waals surface area contributed by atoms with Crippen molar-refractivity contribution >= 4 is 39.9 Å². The smallest absolute Gasteiger partial charge is 0.378 e. The van der Waals surface area contributed by atoms with Gasteiger partial charge in [0.25, 0.3) is 0 Å². The summed E-state index contributed by atoms with van der Waals surface area (Å²) in [4.78, 5) is 22.2. The Balaban J connectivity index is 1.47. The molecule has 1 aliphatic rings. The number of ether oxygens (including phenoxy) is 1. The van der Waals surface area contributed by atoms with Crippen molar-refractivity contribution in [3.8, 4) is 0 Å². The number of anilines is 2. The van der Waals surface area contributed by atoms with E-state index in [0.29, 0.717) is 24.3 Å². The summed E-state index contributed by atoms with van der Waals surface area (Å²) in [6.45, 7) is 4.62. The van der Waals surface area contributed by atoms with E-state index in [1.54, 1.807) is 25.1 Å². The number of alkyl halides is 3. The molecule has 6 nitrogen and oxygen atoms in total. The van der Waals surface area contributed by atoms with Crippen LogP contribution in [-0.4, -0.2) is 47.4 Å². The number of morpholine rings is 1. The van der Waals surface area contributed by atoms with Gasteiger partial charge in [0.1, 0.15) is 5.03 Å². The third-order valence-corrected chi connectivity index (χ3v) is 6.09. The van der Waals surface area contributed by atoms with Gasteiger partial charge < -0.3 is 15.0 Å². The summed E-state index contributed by atoms with van der Waals surface area (Å²) in [6, 6.07) is 13.9. The minimum absolute atomic E-state index is 0.119. The lowest BCUT2D eigenvalue weighted by Gasteiger charge is -2.28. The fraction of sp³-hybridized carbons (Fsp3) is 0.318. The van der Waals surface area contributed by atoms with E-state index in [1.807, 2.05) is 24.3 Å². The molecular weight excluding hydrogens is 441 g/mol. The van der Waals surface area contributed by atoms with Crippen molar-refractivity contribution in [1.82, 2.24) is 9.97 Å². The number of aromatic nitrogens is 2. The summed E-state index contributed by atoms with van der Waals surface area (Å²) in [5.41, 5.74) is 1.84. The molecule has 1 atom stereocenters. The molecule has 4 rings (SSSR count). The summed E-state index contributed by atoms with van der Waals surface area (Å²) in [5.74, 6) is -1.55. The average molecular weight is 462 g/mol. The van der Waals surface area contributed by atoms with E-state index in [4.69, 9.17) is 4.74 Å². The highest BCUT2D eigenvalue weighted by Crippen LogP contribution is 2.34. The Morgan fingerprint density at radius 3 is 2.47 bits per heavy atom. The van der Waals surface area contributed by atoms with E-state index in [-0.39, 0.29) is 16.4 Å². The molecule has 1 N–H and O–H groups in total. The Morgan fingerprint density at radius 2 is 1.78 bits per heavy atom. The van der Waals surface area contributed by atoms with Crippen molar-refractivity contribution in [2.75, 3.05) is 36.5 Å². The molecule has 10 heteroatoms. The number of amides is 1. The van der Waals surface area contributed by atoms with Crippen LogP contribution in [0.1, 0.15) is 12.7 Å². The zero-order chi connectivity index (χ0) is 22.7. The SMILES string of the molecule is C[C@@H](Sc1nc(C(F)(F)F)nc2ccccc12)C(=O)Nc1ccc(N2CCOCC2)cc1. The number of halogens is 3. The molecule has 1 aliphatic heterocycles. The molecule has 1 amide bonds. The molecule has 1 aromatic heterocycles. The molecule has 0 radical (unpaired) electrons. The van der Waals surface area contributed by atoms with Crippen LogP contribution in [0.2, 0.25) is 0 Å². The highest BCUT2D eigenvalue weighted by Gasteiger charge is 2.36.